The highest BCUT2D eigenvalue weighted by molar-refractivity contribution is 7.99. The zero-order chi connectivity index (χ0) is 19.2. The summed E-state index contributed by atoms with van der Waals surface area (Å²) in [4.78, 5) is 38.5. The molecule has 0 bridgehead atoms. The molecule has 0 aromatic heterocycles. The molecule has 1 fully saturated rings. The van der Waals surface area contributed by atoms with Crippen molar-refractivity contribution in [2.75, 3.05) is 11.6 Å². The number of carboxylic acids is 1. The van der Waals surface area contributed by atoms with E-state index in [-0.39, 0.29) is 12.3 Å². The third-order valence-corrected chi connectivity index (χ3v) is 5.38. The van der Waals surface area contributed by atoms with Crippen LogP contribution in [0.25, 0.3) is 0 Å². The van der Waals surface area contributed by atoms with Gasteiger partial charge in [0.1, 0.15) is 12.1 Å². The number of benzene rings is 2. The lowest BCUT2D eigenvalue weighted by Gasteiger charge is -2.25. The second-order valence-electron chi connectivity index (χ2n) is 6.25. The maximum Gasteiger partial charge on any atom is 0.326 e. The van der Waals surface area contributed by atoms with Crippen LogP contribution in [0.2, 0.25) is 0 Å². The molecule has 27 heavy (non-hydrogen) atoms. The Kier molecular flexibility index (Phi) is 6.13. The number of amides is 2. The number of nitrogens with one attached hydrogen (secondary N) is 1. The number of nitrogens with zero attached hydrogens (tertiary/aromatic N) is 1. The van der Waals surface area contributed by atoms with Gasteiger partial charge in [-0.25, -0.2) is 4.79 Å². The van der Waals surface area contributed by atoms with Gasteiger partial charge in [0.05, 0.1) is 5.88 Å². The van der Waals surface area contributed by atoms with Crippen LogP contribution in [0.3, 0.4) is 0 Å². The number of carbonyl (C=O) groups excluding carboxylic acids is 2. The summed E-state index contributed by atoms with van der Waals surface area (Å²) in [6.45, 7) is 0. The molecule has 7 heteroatoms. The summed E-state index contributed by atoms with van der Waals surface area (Å²) in [6, 6.07) is 16.2. The molecule has 2 unspecified atom stereocenters. The van der Waals surface area contributed by atoms with Gasteiger partial charge in [-0.15, -0.1) is 11.8 Å². The van der Waals surface area contributed by atoms with Crippen LogP contribution in [-0.4, -0.2) is 51.5 Å². The van der Waals surface area contributed by atoms with Crippen LogP contribution in [0.4, 0.5) is 0 Å². The Balaban J connectivity index is 1.69. The first kappa shape index (κ1) is 19.0. The van der Waals surface area contributed by atoms with Gasteiger partial charge in [-0.05, 0) is 17.7 Å². The average Bonchev–Trinajstić information content (AvgIpc) is 3.18. The molecule has 1 aliphatic rings. The summed E-state index contributed by atoms with van der Waals surface area (Å²) in [6.07, 6.45) is 0.189. The normalized spacial score (nSPS) is 17.3. The van der Waals surface area contributed by atoms with Gasteiger partial charge < -0.3 is 15.3 Å². The van der Waals surface area contributed by atoms with Gasteiger partial charge in [0, 0.05) is 17.7 Å². The quantitative estimate of drug-likeness (QED) is 0.796. The largest absolute Gasteiger partial charge is 0.480 e. The van der Waals surface area contributed by atoms with Gasteiger partial charge in [-0.3, -0.25) is 9.59 Å². The molecule has 2 atom stereocenters. The first-order chi connectivity index (χ1) is 13.1. The van der Waals surface area contributed by atoms with E-state index in [1.807, 2.05) is 36.4 Å². The third kappa shape index (κ3) is 4.68. The molecular formula is C20H20N2O4S. The SMILES string of the molecule is O=C(O)C(Cc1ccccc1)NC(=O)C1CSCN1C(=O)c1ccccc1. The lowest BCUT2D eigenvalue weighted by molar-refractivity contribution is -0.142. The Bertz CT molecular complexity index is 813. The van der Waals surface area contributed by atoms with Crippen LogP contribution in [-0.2, 0) is 16.0 Å². The van der Waals surface area contributed by atoms with E-state index in [2.05, 4.69) is 5.32 Å². The number of hydrogen-bond acceptors (Lipinski definition) is 4. The minimum Gasteiger partial charge on any atom is -0.480 e. The summed E-state index contributed by atoms with van der Waals surface area (Å²) in [5.41, 5.74) is 1.33. The maximum atomic E-state index is 12.7. The molecule has 0 saturated carbocycles. The summed E-state index contributed by atoms with van der Waals surface area (Å²) >= 11 is 1.48. The maximum absolute atomic E-state index is 12.7. The molecule has 6 nitrogen and oxygen atoms in total. The summed E-state index contributed by atoms with van der Waals surface area (Å²) in [7, 11) is 0. The fourth-order valence-corrected chi connectivity index (χ4v) is 4.08. The monoisotopic (exact) mass is 384 g/mol. The summed E-state index contributed by atoms with van der Waals surface area (Å²) < 4.78 is 0. The van der Waals surface area contributed by atoms with E-state index in [0.717, 1.165) is 5.56 Å². The molecule has 1 aliphatic heterocycles. The Labute approximate surface area is 161 Å². The van der Waals surface area contributed by atoms with Crippen LogP contribution in [0.5, 0.6) is 0 Å². The van der Waals surface area contributed by atoms with Crippen molar-refractivity contribution in [2.45, 2.75) is 18.5 Å². The topological polar surface area (TPSA) is 86.7 Å². The molecule has 140 valence electrons. The van der Waals surface area contributed by atoms with Gasteiger partial charge in [0.2, 0.25) is 5.91 Å². The van der Waals surface area contributed by atoms with E-state index in [4.69, 9.17) is 0 Å². The van der Waals surface area contributed by atoms with Crippen molar-refractivity contribution in [1.82, 2.24) is 10.2 Å². The van der Waals surface area contributed by atoms with Crippen molar-refractivity contribution in [3.05, 3.63) is 71.8 Å². The highest BCUT2D eigenvalue weighted by Gasteiger charge is 2.36. The Morgan fingerprint density at radius 2 is 1.70 bits per heavy atom. The molecule has 0 aliphatic carbocycles. The molecule has 2 aromatic carbocycles. The van der Waals surface area contributed by atoms with Crippen LogP contribution in [0.15, 0.2) is 60.7 Å². The Hall–Kier alpha value is -2.80. The van der Waals surface area contributed by atoms with Crippen LogP contribution in [0, 0.1) is 0 Å². The van der Waals surface area contributed by atoms with Gasteiger partial charge in [-0.2, -0.15) is 0 Å². The van der Waals surface area contributed by atoms with Crippen LogP contribution >= 0.6 is 11.8 Å². The molecule has 3 rings (SSSR count). The van der Waals surface area contributed by atoms with Gasteiger partial charge >= 0.3 is 5.97 Å². The first-order valence-electron chi connectivity index (χ1n) is 8.57. The molecule has 0 radical (unpaired) electrons. The van der Waals surface area contributed by atoms with Gasteiger partial charge in [0.25, 0.3) is 5.91 Å². The van der Waals surface area contributed by atoms with Crippen molar-refractivity contribution in [1.29, 1.82) is 0 Å². The lowest BCUT2D eigenvalue weighted by atomic mass is 10.1. The van der Waals surface area contributed by atoms with Crippen molar-refractivity contribution >= 4 is 29.5 Å². The molecule has 1 saturated heterocycles. The molecule has 2 aromatic rings. The highest BCUT2D eigenvalue weighted by Crippen LogP contribution is 2.23. The Morgan fingerprint density at radius 1 is 1.07 bits per heavy atom. The fraction of sp³-hybridized carbons (Fsp3) is 0.250. The van der Waals surface area contributed by atoms with E-state index < -0.39 is 24.0 Å². The molecule has 0 spiro atoms. The number of aliphatic carboxylic acids is 1. The zero-order valence-corrected chi connectivity index (χ0v) is 15.4. The van der Waals surface area contributed by atoms with Crippen molar-refractivity contribution in [3.8, 4) is 0 Å². The van der Waals surface area contributed by atoms with Crippen molar-refractivity contribution < 1.29 is 19.5 Å². The number of rotatable bonds is 6. The van der Waals surface area contributed by atoms with Gasteiger partial charge in [0.15, 0.2) is 0 Å². The molecular weight excluding hydrogens is 364 g/mol. The molecule has 2 N–H and O–H groups in total. The van der Waals surface area contributed by atoms with E-state index in [9.17, 15) is 19.5 Å². The van der Waals surface area contributed by atoms with Crippen molar-refractivity contribution in [2.24, 2.45) is 0 Å². The summed E-state index contributed by atoms with van der Waals surface area (Å²) in [5, 5.41) is 12.1. The van der Waals surface area contributed by atoms with E-state index in [1.54, 1.807) is 24.3 Å². The van der Waals surface area contributed by atoms with E-state index >= 15 is 0 Å². The van der Waals surface area contributed by atoms with Gasteiger partial charge in [-0.1, -0.05) is 48.5 Å². The number of carbonyl (C=O) groups is 3. The number of hydrogen-bond donors (Lipinski definition) is 2. The third-order valence-electron chi connectivity index (χ3n) is 4.36. The average molecular weight is 384 g/mol. The second kappa shape index (κ2) is 8.73. The van der Waals surface area contributed by atoms with Crippen LogP contribution in [0.1, 0.15) is 15.9 Å². The van der Waals surface area contributed by atoms with E-state index in [0.29, 0.717) is 17.2 Å². The highest BCUT2D eigenvalue weighted by atomic mass is 32.2. The standard InChI is InChI=1S/C20H20N2O4S/c23-18(21-16(20(25)26)11-14-7-3-1-4-8-14)17-12-27-13-22(17)19(24)15-9-5-2-6-10-15/h1-10,16-17H,11-13H2,(H,21,23)(H,25,26). The predicted molar refractivity (Wildman–Crippen MR) is 103 cm³/mol. The zero-order valence-electron chi connectivity index (χ0n) is 14.6. The van der Waals surface area contributed by atoms with Crippen LogP contribution < -0.4 is 5.32 Å². The second-order valence-corrected chi connectivity index (χ2v) is 7.25. The smallest absolute Gasteiger partial charge is 0.326 e. The van der Waals surface area contributed by atoms with Crippen molar-refractivity contribution in [3.63, 3.8) is 0 Å². The predicted octanol–water partition coefficient (Wildman–Crippen LogP) is 2.01. The first-order valence-corrected chi connectivity index (χ1v) is 9.72. The minimum atomic E-state index is -1.10. The summed E-state index contributed by atoms with van der Waals surface area (Å²) in [5.74, 6) is -0.910. The molecule has 1 heterocycles. The lowest BCUT2D eigenvalue weighted by Crippen LogP contribution is -2.52. The fourth-order valence-electron chi connectivity index (χ4n) is 2.92. The Morgan fingerprint density at radius 3 is 2.33 bits per heavy atom. The molecule has 2 amide bonds. The number of carboxylic acid groups (broad SMARTS) is 1. The number of thioether (sulfide) groups is 1. The minimum absolute atomic E-state index is 0.189. The van der Waals surface area contributed by atoms with E-state index in [1.165, 1.54) is 16.7 Å².